The van der Waals surface area contributed by atoms with Gasteiger partial charge in [-0.1, -0.05) is 6.07 Å². The molecule has 0 bridgehead atoms. The highest BCUT2D eigenvalue weighted by Crippen LogP contribution is 2.11. The number of nitrogens with two attached hydrogens (primary N) is 1. The molecular weight excluding hydrogens is 185 g/mol. The van der Waals surface area contributed by atoms with Gasteiger partial charge < -0.3 is 5.73 Å². The van der Waals surface area contributed by atoms with Crippen molar-refractivity contribution < 1.29 is 4.39 Å². The molecule has 0 radical (unpaired) electrons. The maximum absolute atomic E-state index is 12.6. The lowest BCUT2D eigenvalue weighted by Gasteiger charge is -2.00. The molecule has 0 aliphatic heterocycles. The highest BCUT2D eigenvalue weighted by Gasteiger charge is 2.04. The molecule has 0 amide bonds. The quantitative estimate of drug-likeness (QED) is 0.785. The summed E-state index contributed by atoms with van der Waals surface area (Å²) in [4.78, 5) is 1.07. The number of hydrogen-bond acceptors (Lipinski definition) is 2. The first-order valence-corrected chi connectivity index (χ1v) is 4.07. The molecule has 1 heterocycles. The van der Waals surface area contributed by atoms with Gasteiger partial charge in [-0.25, -0.2) is 4.39 Å². The topological polar surface area (TPSA) is 26.0 Å². The summed E-state index contributed by atoms with van der Waals surface area (Å²) < 4.78 is 12.6. The minimum absolute atomic E-state index is 0. The molecule has 0 spiro atoms. The monoisotopic (exact) mass is 195 g/mol. The van der Waals surface area contributed by atoms with Gasteiger partial charge in [-0.2, -0.15) is 0 Å². The van der Waals surface area contributed by atoms with Crippen LogP contribution in [0.5, 0.6) is 0 Å². The summed E-state index contributed by atoms with van der Waals surface area (Å²) >= 11 is 1.57. The van der Waals surface area contributed by atoms with Crippen LogP contribution in [-0.4, -0.2) is 12.7 Å². The van der Waals surface area contributed by atoms with Gasteiger partial charge in [-0.3, -0.25) is 0 Å². The molecule has 0 aliphatic rings. The molecule has 0 fully saturated rings. The predicted molar refractivity (Wildman–Crippen MR) is 49.2 cm³/mol. The summed E-state index contributed by atoms with van der Waals surface area (Å²) in [6, 6.07) is 3.84. The fourth-order valence-electron chi connectivity index (χ4n) is 0.730. The zero-order valence-electron chi connectivity index (χ0n) is 6.00. The van der Waals surface area contributed by atoms with E-state index in [1.807, 2.05) is 17.5 Å². The molecule has 1 aromatic rings. The zero-order valence-corrected chi connectivity index (χ0v) is 7.63. The van der Waals surface area contributed by atoms with E-state index in [2.05, 4.69) is 0 Å². The van der Waals surface area contributed by atoms with Crippen LogP contribution in [0.4, 0.5) is 4.39 Å². The Morgan fingerprint density at radius 1 is 1.64 bits per heavy atom. The molecule has 1 rings (SSSR count). The third kappa shape index (κ3) is 3.70. The van der Waals surface area contributed by atoms with Crippen molar-refractivity contribution in [2.24, 2.45) is 5.73 Å². The normalized spacial score (nSPS) is 12.2. The number of thiophene rings is 1. The van der Waals surface area contributed by atoms with Crippen LogP contribution in [0, 0.1) is 0 Å². The first-order chi connectivity index (χ1) is 4.83. The van der Waals surface area contributed by atoms with Gasteiger partial charge in [-0.15, -0.1) is 23.7 Å². The molecule has 1 unspecified atom stereocenters. The van der Waals surface area contributed by atoms with Crippen molar-refractivity contribution in [1.82, 2.24) is 0 Å². The Kier molecular flexibility index (Phi) is 5.46. The fourth-order valence-corrected chi connectivity index (χ4v) is 1.50. The maximum atomic E-state index is 12.6. The van der Waals surface area contributed by atoms with Gasteiger partial charge in [0.15, 0.2) is 0 Å². The second-order valence-electron chi connectivity index (χ2n) is 2.12. The van der Waals surface area contributed by atoms with Crippen molar-refractivity contribution in [2.45, 2.75) is 12.6 Å². The molecule has 11 heavy (non-hydrogen) atoms. The Morgan fingerprint density at radius 3 is 2.82 bits per heavy atom. The maximum Gasteiger partial charge on any atom is 0.117 e. The number of alkyl halides is 1. The number of rotatable bonds is 3. The number of hydrogen-bond donors (Lipinski definition) is 1. The zero-order chi connectivity index (χ0) is 7.40. The van der Waals surface area contributed by atoms with E-state index in [0.29, 0.717) is 6.42 Å². The Balaban J connectivity index is 0.000001000. The van der Waals surface area contributed by atoms with E-state index in [-0.39, 0.29) is 19.0 Å². The summed E-state index contributed by atoms with van der Waals surface area (Å²) in [5, 5.41) is 1.94. The number of halogens is 2. The van der Waals surface area contributed by atoms with E-state index in [9.17, 15) is 4.39 Å². The van der Waals surface area contributed by atoms with Gasteiger partial charge in [0.05, 0.1) is 0 Å². The smallest absolute Gasteiger partial charge is 0.117 e. The van der Waals surface area contributed by atoms with Gasteiger partial charge in [0.25, 0.3) is 0 Å². The predicted octanol–water partition coefficient (Wildman–Crippen LogP) is 2.01. The van der Waals surface area contributed by atoms with E-state index < -0.39 is 6.17 Å². The lowest BCUT2D eigenvalue weighted by molar-refractivity contribution is 0.342. The molecule has 4 heteroatoms. The lowest BCUT2D eigenvalue weighted by Crippen LogP contribution is -2.16. The van der Waals surface area contributed by atoms with Gasteiger partial charge >= 0.3 is 0 Å². The molecule has 2 N–H and O–H groups in total. The third-order valence-electron chi connectivity index (χ3n) is 1.26. The Morgan fingerprint density at radius 2 is 2.36 bits per heavy atom. The second-order valence-corrected chi connectivity index (χ2v) is 3.15. The van der Waals surface area contributed by atoms with Crippen LogP contribution in [0.15, 0.2) is 17.5 Å². The van der Waals surface area contributed by atoms with Crippen LogP contribution < -0.4 is 5.73 Å². The largest absolute Gasteiger partial charge is 0.328 e. The first kappa shape index (κ1) is 10.9. The van der Waals surface area contributed by atoms with Crippen molar-refractivity contribution in [1.29, 1.82) is 0 Å². The molecule has 0 saturated heterocycles. The van der Waals surface area contributed by atoms with Crippen LogP contribution in [0.2, 0.25) is 0 Å². The van der Waals surface area contributed by atoms with Gasteiger partial charge in [-0.05, 0) is 11.4 Å². The highest BCUT2D eigenvalue weighted by atomic mass is 35.5. The summed E-state index contributed by atoms with van der Waals surface area (Å²) in [6.45, 7) is 0.123. The van der Waals surface area contributed by atoms with Crippen LogP contribution >= 0.6 is 23.7 Å². The average molecular weight is 196 g/mol. The van der Waals surface area contributed by atoms with Crippen molar-refractivity contribution in [3.63, 3.8) is 0 Å². The Bertz CT molecular complexity index is 179. The van der Waals surface area contributed by atoms with E-state index >= 15 is 0 Å². The molecule has 0 saturated carbocycles. The van der Waals surface area contributed by atoms with E-state index in [1.165, 1.54) is 0 Å². The summed E-state index contributed by atoms with van der Waals surface area (Å²) in [7, 11) is 0. The van der Waals surface area contributed by atoms with E-state index in [4.69, 9.17) is 5.73 Å². The Labute approximate surface area is 75.8 Å². The van der Waals surface area contributed by atoms with Crippen molar-refractivity contribution in [2.75, 3.05) is 6.54 Å². The molecular formula is C7H11ClFNS. The van der Waals surface area contributed by atoms with Crippen LogP contribution in [-0.2, 0) is 6.42 Å². The van der Waals surface area contributed by atoms with Crippen LogP contribution in [0.25, 0.3) is 0 Å². The molecule has 64 valence electrons. The average Bonchev–Trinajstić information content (AvgIpc) is 2.40. The molecule has 1 aromatic heterocycles. The van der Waals surface area contributed by atoms with Crippen LogP contribution in [0.1, 0.15) is 4.88 Å². The van der Waals surface area contributed by atoms with Crippen molar-refractivity contribution in [3.8, 4) is 0 Å². The summed E-state index contributed by atoms with van der Waals surface area (Å²) in [5.74, 6) is 0. The third-order valence-corrected chi connectivity index (χ3v) is 2.16. The second kappa shape index (κ2) is 5.52. The van der Waals surface area contributed by atoms with E-state index in [1.54, 1.807) is 11.3 Å². The summed E-state index contributed by atoms with van der Waals surface area (Å²) in [5.41, 5.74) is 5.12. The summed E-state index contributed by atoms with van der Waals surface area (Å²) in [6.07, 6.45) is -0.410. The van der Waals surface area contributed by atoms with Crippen LogP contribution in [0.3, 0.4) is 0 Å². The minimum atomic E-state index is -0.876. The van der Waals surface area contributed by atoms with Crippen molar-refractivity contribution in [3.05, 3.63) is 22.4 Å². The van der Waals surface area contributed by atoms with E-state index in [0.717, 1.165) is 4.88 Å². The molecule has 0 aromatic carbocycles. The molecule has 0 aliphatic carbocycles. The van der Waals surface area contributed by atoms with Gasteiger partial charge in [0.2, 0.25) is 0 Å². The molecule has 1 nitrogen and oxygen atoms in total. The standard InChI is InChI=1S/C7H10FNS.ClH/c8-6(5-9)4-7-2-1-3-10-7;/h1-3,6H,4-5,9H2;1H. The van der Waals surface area contributed by atoms with Gasteiger partial charge in [0, 0.05) is 17.8 Å². The first-order valence-electron chi connectivity index (χ1n) is 3.19. The fraction of sp³-hybridized carbons (Fsp3) is 0.429. The minimum Gasteiger partial charge on any atom is -0.328 e. The SMILES string of the molecule is Cl.NCC(F)Cc1cccs1. The molecule has 1 atom stereocenters. The lowest BCUT2D eigenvalue weighted by atomic mass is 10.2. The Hall–Kier alpha value is -0.120. The highest BCUT2D eigenvalue weighted by molar-refractivity contribution is 7.09. The van der Waals surface area contributed by atoms with Gasteiger partial charge in [0.1, 0.15) is 6.17 Å². The van der Waals surface area contributed by atoms with Crippen molar-refractivity contribution >= 4 is 23.7 Å².